The van der Waals surface area contributed by atoms with Gasteiger partial charge in [0.2, 0.25) is 0 Å². The van der Waals surface area contributed by atoms with Gasteiger partial charge in [0.05, 0.1) is 5.41 Å². The number of esters is 2. The van der Waals surface area contributed by atoms with E-state index in [9.17, 15) is 9.59 Å². The van der Waals surface area contributed by atoms with Crippen molar-refractivity contribution in [2.45, 2.75) is 26.8 Å². The summed E-state index contributed by atoms with van der Waals surface area (Å²) in [5.41, 5.74) is 4.62. The third kappa shape index (κ3) is 4.28. The van der Waals surface area contributed by atoms with Gasteiger partial charge < -0.3 is 10.5 Å². The first-order chi connectivity index (χ1) is 5.79. The van der Waals surface area contributed by atoms with E-state index in [1.165, 1.54) is 0 Å². The average Bonchev–Trinajstić information content (AvgIpc) is 2.01. The van der Waals surface area contributed by atoms with Crippen LogP contribution in [-0.4, -0.2) is 23.7 Å². The number of carbonyl (C=O) groups is 2. The van der Waals surface area contributed by atoms with Gasteiger partial charge in [0, 0.05) is 5.75 Å². The lowest BCUT2D eigenvalue weighted by molar-refractivity contribution is -0.166. The zero-order chi connectivity index (χ0) is 10.6. The molecule has 1 unspecified atom stereocenters. The molecule has 0 rings (SSSR count). The number of rotatable bonds is 2. The average molecular weight is 205 g/mol. The molecule has 0 bridgehead atoms. The van der Waals surface area contributed by atoms with E-state index < -0.39 is 23.4 Å². The van der Waals surface area contributed by atoms with E-state index in [0.717, 1.165) is 0 Å². The van der Waals surface area contributed by atoms with E-state index in [0.29, 0.717) is 0 Å². The Bertz CT molecular complexity index is 210. The summed E-state index contributed by atoms with van der Waals surface area (Å²) in [6.45, 7) is 4.98. The first-order valence-electron chi connectivity index (χ1n) is 3.91. The molecule has 0 aromatic heterocycles. The molecular weight excluding hydrogens is 190 g/mol. The molecular formula is C8H15NO3S. The fraction of sp³-hybridized carbons (Fsp3) is 0.750. The number of nitrogens with two attached hydrogens (primary N) is 1. The van der Waals surface area contributed by atoms with Crippen molar-refractivity contribution >= 4 is 24.6 Å². The summed E-state index contributed by atoms with van der Waals surface area (Å²) in [7, 11) is 0. The molecule has 2 N–H and O–H groups in total. The van der Waals surface area contributed by atoms with Gasteiger partial charge in [-0.05, 0) is 20.8 Å². The second kappa shape index (κ2) is 4.62. The van der Waals surface area contributed by atoms with Crippen LogP contribution >= 0.6 is 12.6 Å². The maximum Gasteiger partial charge on any atom is 0.331 e. The van der Waals surface area contributed by atoms with Crippen LogP contribution in [0.1, 0.15) is 20.8 Å². The third-order valence-electron chi connectivity index (χ3n) is 1.31. The maximum atomic E-state index is 11.2. The molecule has 0 aliphatic carbocycles. The molecule has 0 saturated carbocycles. The van der Waals surface area contributed by atoms with Gasteiger partial charge in [-0.2, -0.15) is 12.6 Å². The summed E-state index contributed by atoms with van der Waals surface area (Å²) in [6.07, 6.45) is 0. The molecule has 0 amide bonds. The largest absolute Gasteiger partial charge is 0.392 e. The highest BCUT2D eigenvalue weighted by Gasteiger charge is 2.27. The molecule has 4 nitrogen and oxygen atoms in total. The van der Waals surface area contributed by atoms with Gasteiger partial charge in [0.25, 0.3) is 0 Å². The van der Waals surface area contributed by atoms with Gasteiger partial charge in [-0.15, -0.1) is 0 Å². The van der Waals surface area contributed by atoms with Crippen molar-refractivity contribution in [2.24, 2.45) is 11.1 Å². The summed E-state index contributed by atoms with van der Waals surface area (Å²) < 4.78 is 4.52. The van der Waals surface area contributed by atoms with E-state index in [1.807, 2.05) is 0 Å². The Balaban J connectivity index is 4.16. The van der Waals surface area contributed by atoms with Crippen LogP contribution < -0.4 is 5.73 Å². The van der Waals surface area contributed by atoms with E-state index in [4.69, 9.17) is 5.73 Å². The van der Waals surface area contributed by atoms with Crippen LogP contribution in [0.15, 0.2) is 0 Å². The second-order valence-corrected chi connectivity index (χ2v) is 4.11. The Morgan fingerprint density at radius 3 is 2.23 bits per heavy atom. The molecule has 0 saturated heterocycles. The van der Waals surface area contributed by atoms with Crippen LogP contribution in [0.5, 0.6) is 0 Å². The van der Waals surface area contributed by atoms with Crippen molar-refractivity contribution in [3.63, 3.8) is 0 Å². The van der Waals surface area contributed by atoms with Crippen molar-refractivity contribution in [2.75, 3.05) is 5.75 Å². The van der Waals surface area contributed by atoms with Crippen LogP contribution in [0.3, 0.4) is 0 Å². The predicted molar refractivity (Wildman–Crippen MR) is 52.4 cm³/mol. The van der Waals surface area contributed by atoms with Gasteiger partial charge in [-0.1, -0.05) is 0 Å². The van der Waals surface area contributed by atoms with Gasteiger partial charge in [0.1, 0.15) is 6.04 Å². The van der Waals surface area contributed by atoms with E-state index >= 15 is 0 Å². The minimum Gasteiger partial charge on any atom is -0.392 e. The molecule has 0 fully saturated rings. The molecule has 5 heteroatoms. The van der Waals surface area contributed by atoms with E-state index in [1.54, 1.807) is 20.8 Å². The SMILES string of the molecule is CC(C)(C)C(=O)OC(=O)C(N)CS. The quantitative estimate of drug-likeness (QED) is 0.388. The maximum absolute atomic E-state index is 11.2. The van der Waals surface area contributed by atoms with Gasteiger partial charge in [-0.3, -0.25) is 4.79 Å². The van der Waals surface area contributed by atoms with Crippen LogP contribution in [0, 0.1) is 5.41 Å². The molecule has 0 spiro atoms. The number of carbonyl (C=O) groups excluding carboxylic acids is 2. The van der Waals surface area contributed by atoms with Crippen LogP contribution in [0.2, 0.25) is 0 Å². The van der Waals surface area contributed by atoms with Gasteiger partial charge in [-0.25, -0.2) is 4.79 Å². The molecule has 0 radical (unpaired) electrons. The van der Waals surface area contributed by atoms with Crippen molar-refractivity contribution in [1.82, 2.24) is 0 Å². The number of hydrogen-bond donors (Lipinski definition) is 2. The lowest BCUT2D eigenvalue weighted by Crippen LogP contribution is -2.37. The Hall–Kier alpha value is -0.550. The molecule has 0 aliphatic rings. The Morgan fingerprint density at radius 1 is 1.46 bits per heavy atom. The summed E-state index contributed by atoms with van der Waals surface area (Å²) in [6, 6.07) is -0.838. The molecule has 76 valence electrons. The Morgan fingerprint density at radius 2 is 1.92 bits per heavy atom. The highest BCUT2D eigenvalue weighted by atomic mass is 32.1. The van der Waals surface area contributed by atoms with Crippen molar-refractivity contribution in [3.05, 3.63) is 0 Å². The summed E-state index contributed by atoms with van der Waals surface area (Å²) >= 11 is 3.81. The van der Waals surface area contributed by atoms with Gasteiger partial charge >= 0.3 is 11.9 Å². The molecule has 0 heterocycles. The highest BCUT2D eigenvalue weighted by molar-refractivity contribution is 7.80. The van der Waals surface area contributed by atoms with Gasteiger partial charge in [0.15, 0.2) is 0 Å². The zero-order valence-corrected chi connectivity index (χ0v) is 8.93. The number of ether oxygens (including phenoxy) is 1. The van der Waals surface area contributed by atoms with Crippen LogP contribution in [0.25, 0.3) is 0 Å². The molecule has 0 aliphatic heterocycles. The summed E-state index contributed by atoms with van der Waals surface area (Å²) in [4.78, 5) is 22.2. The minimum atomic E-state index is -0.838. The molecule has 0 aromatic carbocycles. The normalized spacial score (nSPS) is 13.6. The lowest BCUT2D eigenvalue weighted by Gasteiger charge is -2.16. The molecule has 0 aromatic rings. The van der Waals surface area contributed by atoms with E-state index in [2.05, 4.69) is 17.4 Å². The first kappa shape index (κ1) is 12.4. The summed E-state index contributed by atoms with van der Waals surface area (Å²) in [5.74, 6) is -1.14. The number of hydrogen-bond acceptors (Lipinski definition) is 5. The standard InChI is InChI=1S/C8H15NO3S/c1-8(2,3)7(11)12-6(10)5(9)4-13/h5,13H,4,9H2,1-3H3. The summed E-state index contributed by atoms with van der Waals surface area (Å²) in [5, 5.41) is 0. The smallest absolute Gasteiger partial charge is 0.331 e. The fourth-order valence-corrected chi connectivity index (χ4v) is 0.544. The van der Waals surface area contributed by atoms with E-state index in [-0.39, 0.29) is 5.75 Å². The van der Waals surface area contributed by atoms with Crippen LogP contribution in [-0.2, 0) is 14.3 Å². The molecule has 13 heavy (non-hydrogen) atoms. The highest BCUT2D eigenvalue weighted by Crippen LogP contribution is 2.15. The van der Waals surface area contributed by atoms with Crippen LogP contribution in [0.4, 0.5) is 0 Å². The topological polar surface area (TPSA) is 69.4 Å². The van der Waals surface area contributed by atoms with Crippen molar-refractivity contribution in [1.29, 1.82) is 0 Å². The Kier molecular flexibility index (Phi) is 4.43. The number of thiol groups is 1. The minimum absolute atomic E-state index is 0.163. The third-order valence-corrected chi connectivity index (χ3v) is 1.70. The first-order valence-corrected chi connectivity index (χ1v) is 4.55. The fourth-order valence-electron chi connectivity index (χ4n) is 0.395. The van der Waals surface area contributed by atoms with Crippen molar-refractivity contribution < 1.29 is 14.3 Å². The molecule has 1 atom stereocenters. The zero-order valence-electron chi connectivity index (χ0n) is 8.03. The predicted octanol–water partition coefficient (Wildman–Crippen LogP) is 0.359. The second-order valence-electron chi connectivity index (χ2n) is 3.75. The van der Waals surface area contributed by atoms with Crippen molar-refractivity contribution in [3.8, 4) is 0 Å². The lowest BCUT2D eigenvalue weighted by atomic mass is 9.97. The monoisotopic (exact) mass is 205 g/mol. The Labute approximate surface area is 83.2 Å².